The fraction of sp³-hybridized carbons (Fsp3) is 0.483. The van der Waals surface area contributed by atoms with Crippen LogP contribution in [-0.2, 0) is 9.53 Å². The third-order valence-corrected chi connectivity index (χ3v) is 7.89. The fourth-order valence-electron chi connectivity index (χ4n) is 4.99. The molecule has 3 heterocycles. The number of ether oxygens (including phenoxy) is 3. The first-order valence-corrected chi connectivity index (χ1v) is 14.3. The van der Waals surface area contributed by atoms with Gasteiger partial charge in [-0.2, -0.15) is 0 Å². The fourth-order valence-corrected chi connectivity index (χ4v) is 5.73. The van der Waals surface area contributed by atoms with Crippen LogP contribution in [0, 0.1) is 5.92 Å². The number of amides is 2. The summed E-state index contributed by atoms with van der Waals surface area (Å²) in [4.78, 5) is 32.5. The molecule has 208 valence electrons. The van der Waals surface area contributed by atoms with E-state index < -0.39 is 5.60 Å². The predicted octanol–water partition coefficient (Wildman–Crippen LogP) is 4.93. The Morgan fingerprint density at radius 1 is 1.10 bits per heavy atom. The summed E-state index contributed by atoms with van der Waals surface area (Å²) in [5.41, 5.74) is 5.23. The van der Waals surface area contributed by atoms with E-state index in [1.54, 1.807) is 23.3 Å². The summed E-state index contributed by atoms with van der Waals surface area (Å²) in [6, 6.07) is 10.3. The van der Waals surface area contributed by atoms with Gasteiger partial charge in [-0.05, 0) is 68.5 Å². The molecule has 0 spiro atoms. The number of carbonyl (C=O) groups excluding carboxylic acids is 2. The average molecular weight is 553 g/mol. The molecule has 1 N–H and O–H groups in total. The summed E-state index contributed by atoms with van der Waals surface area (Å²) < 4.78 is 18.6. The van der Waals surface area contributed by atoms with E-state index in [1.165, 1.54) is 0 Å². The Kier molecular flexibility index (Phi) is 7.83. The predicted molar refractivity (Wildman–Crippen MR) is 153 cm³/mol. The second-order valence-corrected chi connectivity index (χ2v) is 11.9. The molecule has 1 aromatic heterocycles. The van der Waals surface area contributed by atoms with Crippen LogP contribution in [-0.4, -0.2) is 73.9 Å². The van der Waals surface area contributed by atoms with E-state index in [4.69, 9.17) is 14.2 Å². The van der Waals surface area contributed by atoms with Crippen molar-refractivity contribution < 1.29 is 23.8 Å². The molecule has 3 aromatic rings. The van der Waals surface area contributed by atoms with E-state index >= 15 is 0 Å². The number of hydrogen-bond donors (Lipinski definition) is 1. The number of aromatic nitrogens is 1. The summed E-state index contributed by atoms with van der Waals surface area (Å²) in [6.45, 7) is 9.48. The van der Waals surface area contributed by atoms with Gasteiger partial charge < -0.3 is 29.3 Å². The van der Waals surface area contributed by atoms with Gasteiger partial charge in [-0.1, -0.05) is 6.07 Å². The van der Waals surface area contributed by atoms with E-state index in [9.17, 15) is 9.59 Å². The van der Waals surface area contributed by atoms with E-state index in [1.807, 2.05) is 32.3 Å². The highest BCUT2D eigenvalue weighted by Gasteiger charge is 2.27. The van der Waals surface area contributed by atoms with Crippen LogP contribution in [0.3, 0.4) is 0 Å². The lowest BCUT2D eigenvalue weighted by atomic mass is 10.0. The van der Waals surface area contributed by atoms with Gasteiger partial charge in [0, 0.05) is 39.1 Å². The molecule has 0 radical (unpaired) electrons. The first-order valence-electron chi connectivity index (χ1n) is 13.4. The highest BCUT2D eigenvalue weighted by atomic mass is 32.1. The number of methoxy groups -OCH3 is 1. The molecule has 2 saturated heterocycles. The van der Waals surface area contributed by atoms with Crippen LogP contribution < -0.4 is 19.7 Å². The van der Waals surface area contributed by atoms with E-state index in [0.29, 0.717) is 45.1 Å². The molecule has 0 unspecified atom stereocenters. The van der Waals surface area contributed by atoms with Crippen molar-refractivity contribution in [3.8, 4) is 22.6 Å². The molecular formula is C29H36N4O5S. The number of benzene rings is 2. The zero-order chi connectivity index (χ0) is 27.6. The van der Waals surface area contributed by atoms with E-state index in [0.717, 1.165) is 51.5 Å². The Labute approximate surface area is 233 Å². The van der Waals surface area contributed by atoms with Gasteiger partial charge in [0.1, 0.15) is 17.1 Å². The molecule has 10 heteroatoms. The largest absolute Gasteiger partial charge is 0.495 e. The third-order valence-electron chi connectivity index (χ3n) is 7.03. The summed E-state index contributed by atoms with van der Waals surface area (Å²) in [5, 5.41) is 2.89. The average Bonchev–Trinajstić information content (AvgIpc) is 3.56. The Morgan fingerprint density at radius 2 is 1.87 bits per heavy atom. The Hall–Kier alpha value is -3.53. The lowest BCUT2D eigenvalue weighted by Gasteiger charge is -2.37. The molecule has 1 atom stereocenters. The third kappa shape index (κ3) is 6.38. The Balaban J connectivity index is 1.30. The number of rotatable bonds is 7. The van der Waals surface area contributed by atoms with Crippen molar-refractivity contribution in [1.82, 2.24) is 15.2 Å². The molecule has 2 fully saturated rings. The molecule has 2 aliphatic heterocycles. The summed E-state index contributed by atoms with van der Waals surface area (Å²) >= 11 is 1.56. The molecule has 9 nitrogen and oxygen atoms in total. The number of hydrogen-bond acceptors (Lipinski definition) is 8. The zero-order valence-corrected chi connectivity index (χ0v) is 23.8. The van der Waals surface area contributed by atoms with Crippen LogP contribution in [0.2, 0.25) is 0 Å². The zero-order valence-electron chi connectivity index (χ0n) is 23.0. The first kappa shape index (κ1) is 27.1. The van der Waals surface area contributed by atoms with Crippen molar-refractivity contribution in [2.24, 2.45) is 5.92 Å². The number of nitrogens with one attached hydrogen (secondary N) is 1. The molecule has 0 saturated carbocycles. The summed E-state index contributed by atoms with van der Waals surface area (Å²) in [6.07, 6.45) is 1.13. The monoisotopic (exact) mass is 552 g/mol. The van der Waals surface area contributed by atoms with Gasteiger partial charge in [0.25, 0.3) is 0 Å². The number of fused-ring (bicyclic) bond motifs is 1. The Bertz CT molecular complexity index is 1340. The molecule has 39 heavy (non-hydrogen) atoms. The molecule has 0 aliphatic carbocycles. The van der Waals surface area contributed by atoms with Crippen LogP contribution in [0.1, 0.15) is 33.6 Å². The second-order valence-electron chi connectivity index (χ2n) is 11.0. The maximum absolute atomic E-state index is 12.5. The molecule has 5 rings (SSSR count). The molecule has 2 amide bonds. The van der Waals surface area contributed by atoms with Crippen molar-refractivity contribution in [1.29, 1.82) is 0 Å². The Morgan fingerprint density at radius 3 is 2.56 bits per heavy atom. The minimum absolute atomic E-state index is 0.120. The maximum atomic E-state index is 12.5. The van der Waals surface area contributed by atoms with Gasteiger partial charge >= 0.3 is 6.09 Å². The lowest BCUT2D eigenvalue weighted by molar-refractivity contribution is -0.119. The van der Waals surface area contributed by atoms with Crippen molar-refractivity contribution >= 4 is 39.2 Å². The van der Waals surface area contributed by atoms with Gasteiger partial charge in [-0.15, -0.1) is 11.3 Å². The highest BCUT2D eigenvalue weighted by Crippen LogP contribution is 2.38. The van der Waals surface area contributed by atoms with E-state index in [-0.39, 0.29) is 12.0 Å². The molecule has 2 aromatic carbocycles. The molecular weight excluding hydrogens is 516 g/mol. The summed E-state index contributed by atoms with van der Waals surface area (Å²) in [5.74, 6) is 2.02. The number of piperazine rings is 1. The number of nitrogens with zero attached hydrogens (tertiary/aromatic N) is 3. The van der Waals surface area contributed by atoms with Crippen molar-refractivity contribution in [3.63, 3.8) is 0 Å². The number of thiazole rings is 1. The number of carbonyl (C=O) groups is 2. The van der Waals surface area contributed by atoms with Gasteiger partial charge in [0.15, 0.2) is 0 Å². The van der Waals surface area contributed by atoms with Crippen molar-refractivity contribution in [3.05, 3.63) is 35.8 Å². The van der Waals surface area contributed by atoms with Gasteiger partial charge in [0.2, 0.25) is 5.91 Å². The first-order chi connectivity index (χ1) is 18.7. The van der Waals surface area contributed by atoms with Crippen molar-refractivity contribution in [2.45, 2.75) is 39.2 Å². The van der Waals surface area contributed by atoms with Crippen LogP contribution in [0.25, 0.3) is 21.3 Å². The quantitative estimate of drug-likeness (QED) is 0.444. The molecule has 0 bridgehead atoms. The highest BCUT2D eigenvalue weighted by molar-refractivity contribution is 7.17. The minimum Gasteiger partial charge on any atom is -0.495 e. The SMILES string of the molecule is COc1cc(-c2cc(OCC[C@H]3CNC(=O)C3)c3scnc3c2)ccc1N1CCN(C(=O)OC(C)(C)C)CC1. The maximum Gasteiger partial charge on any atom is 0.410 e. The van der Waals surface area contributed by atoms with Gasteiger partial charge in [0.05, 0.1) is 35.1 Å². The van der Waals surface area contributed by atoms with Crippen molar-refractivity contribution in [2.75, 3.05) is 51.3 Å². The second kappa shape index (κ2) is 11.3. The lowest BCUT2D eigenvalue weighted by Crippen LogP contribution is -2.50. The van der Waals surface area contributed by atoms with Crippen LogP contribution in [0.5, 0.6) is 11.5 Å². The van der Waals surface area contributed by atoms with Gasteiger partial charge in [-0.3, -0.25) is 4.79 Å². The molecule has 2 aliphatic rings. The van der Waals surface area contributed by atoms with Crippen LogP contribution in [0.15, 0.2) is 35.8 Å². The van der Waals surface area contributed by atoms with E-state index in [2.05, 4.69) is 39.5 Å². The number of anilines is 1. The minimum atomic E-state index is -0.506. The normalized spacial score (nSPS) is 17.8. The van der Waals surface area contributed by atoms with Crippen LogP contribution >= 0.6 is 11.3 Å². The van der Waals surface area contributed by atoms with Crippen LogP contribution in [0.4, 0.5) is 10.5 Å². The van der Waals surface area contributed by atoms with Gasteiger partial charge in [-0.25, -0.2) is 9.78 Å². The standard InChI is InChI=1S/C29H36N4O5S/c1-29(2,3)38-28(35)33-10-8-32(9-11-33)23-6-5-20(15-24(23)36-4)21-14-22-27(39-18-31-22)25(16-21)37-12-7-19-13-26(34)30-17-19/h5-6,14-16,18-19H,7-13,17H2,1-4H3,(H,30,34)/t19-/m1/s1. The summed E-state index contributed by atoms with van der Waals surface area (Å²) in [7, 11) is 1.68. The smallest absolute Gasteiger partial charge is 0.410 e. The topological polar surface area (TPSA) is 93.2 Å².